The number of hydrogen-bond donors (Lipinski definition) is 0. The fourth-order valence-electron chi connectivity index (χ4n) is 0.590. The second kappa shape index (κ2) is 2.67. The summed E-state index contributed by atoms with van der Waals surface area (Å²) in [6.07, 6.45) is 1.84. The number of rotatable bonds is 1. The molecule has 0 amide bonds. The van der Waals surface area contributed by atoms with Gasteiger partial charge in [-0.2, -0.15) is 0 Å². The van der Waals surface area contributed by atoms with Gasteiger partial charge in [-0.25, -0.2) is 0 Å². The first-order chi connectivity index (χ1) is 3.33. The van der Waals surface area contributed by atoms with Crippen LogP contribution in [0.5, 0.6) is 0 Å². The lowest BCUT2D eigenvalue weighted by molar-refractivity contribution is -0.169. The molecule has 8 heavy (non-hydrogen) atoms. The lowest BCUT2D eigenvalue weighted by Gasteiger charge is -2.23. The van der Waals surface area contributed by atoms with E-state index in [1.807, 2.05) is 6.92 Å². The van der Waals surface area contributed by atoms with E-state index >= 15 is 0 Å². The van der Waals surface area contributed by atoms with E-state index in [1.165, 1.54) is 0 Å². The van der Waals surface area contributed by atoms with Crippen LogP contribution in [0.4, 0.5) is 0 Å². The van der Waals surface area contributed by atoms with Crippen molar-refractivity contribution in [2.24, 2.45) is 0 Å². The van der Waals surface area contributed by atoms with Crippen molar-refractivity contribution >= 4 is 5.97 Å². The first kappa shape index (κ1) is 7.43. The van der Waals surface area contributed by atoms with Crippen LogP contribution in [0.2, 0.25) is 0 Å². The van der Waals surface area contributed by atoms with Crippen LogP contribution in [0.3, 0.4) is 0 Å². The third kappa shape index (κ3) is 1.20. The summed E-state index contributed by atoms with van der Waals surface area (Å²) in [6.45, 7) is 2.01. The van der Waals surface area contributed by atoms with Crippen molar-refractivity contribution in [3.8, 4) is 0 Å². The molecule has 1 rings (SSSR count). The highest BCUT2D eigenvalue weighted by atomic mass is 16.6. The van der Waals surface area contributed by atoms with Gasteiger partial charge in [0.15, 0.2) is 0 Å². The average molecular weight is 118 g/mol. The normalized spacial score (nSPS) is 25.1. The third-order valence-corrected chi connectivity index (χ3v) is 1.15. The van der Waals surface area contributed by atoms with Crippen molar-refractivity contribution in [1.29, 1.82) is 0 Å². The molecule has 0 aromatic heterocycles. The number of carbonyl (C=O) groups is 1. The Morgan fingerprint density at radius 2 is 2.38 bits per heavy atom. The Hall–Kier alpha value is -0.570. The lowest BCUT2D eigenvalue weighted by atomic mass is 10.1. The summed E-state index contributed by atoms with van der Waals surface area (Å²) in [5.74, 6) is -0.0492. The molecule has 1 aliphatic heterocycles. The molecular weight excluding hydrogens is 108 g/mol. The standard InChI is InChI=1S/C5H8O2.H2O/c1-2-4-3-5(6)7-4;/h4H,2-3H2,1H3;1H2. The molecule has 0 saturated carbocycles. The van der Waals surface area contributed by atoms with Crippen molar-refractivity contribution in [2.75, 3.05) is 0 Å². The van der Waals surface area contributed by atoms with E-state index < -0.39 is 0 Å². The molecule has 48 valence electrons. The van der Waals surface area contributed by atoms with E-state index in [2.05, 4.69) is 4.74 Å². The molecule has 0 bridgehead atoms. The van der Waals surface area contributed by atoms with Gasteiger partial charge in [0.25, 0.3) is 0 Å². The van der Waals surface area contributed by atoms with Gasteiger partial charge in [-0.3, -0.25) is 4.79 Å². The van der Waals surface area contributed by atoms with E-state index in [9.17, 15) is 4.79 Å². The summed E-state index contributed by atoms with van der Waals surface area (Å²) in [4.78, 5) is 10.0. The summed E-state index contributed by atoms with van der Waals surface area (Å²) >= 11 is 0. The van der Waals surface area contributed by atoms with Crippen LogP contribution < -0.4 is 0 Å². The van der Waals surface area contributed by atoms with Gasteiger partial charge < -0.3 is 10.2 Å². The minimum absolute atomic E-state index is 0. The smallest absolute Gasteiger partial charge is 0.309 e. The molecule has 1 heterocycles. The van der Waals surface area contributed by atoms with Crippen molar-refractivity contribution in [2.45, 2.75) is 25.9 Å². The fourth-order valence-corrected chi connectivity index (χ4v) is 0.590. The van der Waals surface area contributed by atoms with Gasteiger partial charge >= 0.3 is 5.97 Å². The molecule has 1 fully saturated rings. The van der Waals surface area contributed by atoms with Crippen molar-refractivity contribution in [3.63, 3.8) is 0 Å². The molecule has 1 atom stereocenters. The zero-order valence-electron chi connectivity index (χ0n) is 4.81. The minimum atomic E-state index is -0.0492. The van der Waals surface area contributed by atoms with E-state index in [-0.39, 0.29) is 17.5 Å². The van der Waals surface area contributed by atoms with Gasteiger partial charge in [-0.15, -0.1) is 0 Å². The highest BCUT2D eigenvalue weighted by Crippen LogP contribution is 2.14. The number of ether oxygens (including phenoxy) is 1. The van der Waals surface area contributed by atoms with Gasteiger partial charge in [-0.05, 0) is 6.42 Å². The van der Waals surface area contributed by atoms with Crippen LogP contribution in [-0.4, -0.2) is 17.5 Å². The second-order valence-electron chi connectivity index (χ2n) is 1.72. The summed E-state index contributed by atoms with van der Waals surface area (Å²) in [5.41, 5.74) is 0. The highest BCUT2D eigenvalue weighted by Gasteiger charge is 2.25. The first-order valence-electron chi connectivity index (χ1n) is 2.52. The lowest BCUT2D eigenvalue weighted by Crippen LogP contribution is -2.31. The van der Waals surface area contributed by atoms with Crippen LogP contribution in [0, 0.1) is 0 Å². The predicted octanol–water partition coefficient (Wildman–Crippen LogP) is -0.113. The molecule has 0 radical (unpaired) electrons. The van der Waals surface area contributed by atoms with Gasteiger partial charge in [0.05, 0.1) is 6.42 Å². The topological polar surface area (TPSA) is 57.8 Å². The van der Waals surface area contributed by atoms with Gasteiger partial charge in [0.1, 0.15) is 6.10 Å². The van der Waals surface area contributed by atoms with Gasteiger partial charge in [0, 0.05) is 0 Å². The molecule has 1 aliphatic rings. The molecular formula is C5H10O3. The quantitative estimate of drug-likeness (QED) is 0.451. The second-order valence-corrected chi connectivity index (χ2v) is 1.72. The number of esters is 1. The molecule has 0 aromatic rings. The van der Waals surface area contributed by atoms with E-state index in [0.29, 0.717) is 6.42 Å². The Morgan fingerprint density at radius 1 is 1.88 bits per heavy atom. The van der Waals surface area contributed by atoms with Crippen LogP contribution in [0.1, 0.15) is 19.8 Å². The van der Waals surface area contributed by atoms with Crippen LogP contribution in [-0.2, 0) is 9.53 Å². The Bertz CT molecular complexity index is 81.7. The molecule has 2 N–H and O–H groups in total. The monoisotopic (exact) mass is 118 g/mol. The highest BCUT2D eigenvalue weighted by molar-refractivity contribution is 5.75. The number of hydrogen-bond acceptors (Lipinski definition) is 2. The fraction of sp³-hybridized carbons (Fsp3) is 0.800. The summed E-state index contributed by atoms with van der Waals surface area (Å²) in [7, 11) is 0. The minimum Gasteiger partial charge on any atom is -0.462 e. The summed E-state index contributed by atoms with van der Waals surface area (Å²) in [6, 6.07) is 0. The maximum atomic E-state index is 10.0. The van der Waals surface area contributed by atoms with Crippen molar-refractivity contribution in [1.82, 2.24) is 0 Å². The van der Waals surface area contributed by atoms with Gasteiger partial charge in [-0.1, -0.05) is 6.92 Å². The molecule has 1 saturated heterocycles. The molecule has 3 nitrogen and oxygen atoms in total. The molecule has 0 aromatic carbocycles. The van der Waals surface area contributed by atoms with Gasteiger partial charge in [0.2, 0.25) is 0 Å². The maximum Gasteiger partial charge on any atom is 0.309 e. The largest absolute Gasteiger partial charge is 0.462 e. The summed E-state index contributed by atoms with van der Waals surface area (Å²) < 4.78 is 4.65. The zero-order chi connectivity index (χ0) is 5.28. The van der Waals surface area contributed by atoms with E-state index in [4.69, 9.17) is 0 Å². The Morgan fingerprint density at radius 3 is 2.50 bits per heavy atom. The average Bonchev–Trinajstić information content (AvgIpc) is 1.58. The van der Waals surface area contributed by atoms with Crippen molar-refractivity contribution < 1.29 is 15.0 Å². The molecule has 3 heteroatoms. The molecule has 0 aliphatic carbocycles. The maximum absolute atomic E-state index is 10.0. The summed E-state index contributed by atoms with van der Waals surface area (Å²) in [5, 5.41) is 0. The number of cyclic esters (lactones) is 1. The molecule has 1 unspecified atom stereocenters. The Balaban J connectivity index is 0.000000490. The molecule has 0 spiro atoms. The Labute approximate surface area is 47.9 Å². The number of carbonyl (C=O) groups excluding carboxylic acids is 1. The third-order valence-electron chi connectivity index (χ3n) is 1.15. The first-order valence-corrected chi connectivity index (χ1v) is 2.52. The Kier molecular flexibility index (Phi) is 2.48. The van der Waals surface area contributed by atoms with Crippen LogP contribution in [0.15, 0.2) is 0 Å². The van der Waals surface area contributed by atoms with E-state index in [1.54, 1.807) is 0 Å². The van der Waals surface area contributed by atoms with Crippen molar-refractivity contribution in [3.05, 3.63) is 0 Å². The SMILES string of the molecule is CCC1CC(=O)O1.O. The van der Waals surface area contributed by atoms with E-state index in [0.717, 1.165) is 6.42 Å². The zero-order valence-corrected chi connectivity index (χ0v) is 4.81. The van der Waals surface area contributed by atoms with Crippen LogP contribution in [0.25, 0.3) is 0 Å². The van der Waals surface area contributed by atoms with Crippen LogP contribution >= 0.6 is 0 Å². The predicted molar refractivity (Wildman–Crippen MR) is 28.4 cm³/mol.